The Bertz CT molecular complexity index is 367. The molecule has 2 saturated heterocycles. The van der Waals surface area contributed by atoms with E-state index >= 15 is 0 Å². The fourth-order valence-corrected chi connectivity index (χ4v) is 2.78. The van der Waals surface area contributed by atoms with Crippen molar-refractivity contribution in [1.29, 1.82) is 0 Å². The molecule has 1 aromatic rings. The van der Waals surface area contributed by atoms with Gasteiger partial charge in [-0.2, -0.15) is 0 Å². The van der Waals surface area contributed by atoms with Crippen molar-refractivity contribution in [2.75, 3.05) is 31.1 Å². The first-order valence-electron chi connectivity index (χ1n) is 6.71. The van der Waals surface area contributed by atoms with Crippen molar-refractivity contribution in [3.63, 3.8) is 0 Å². The van der Waals surface area contributed by atoms with Crippen molar-refractivity contribution in [1.82, 2.24) is 15.3 Å². The highest BCUT2D eigenvalue weighted by molar-refractivity contribution is 5.37. The van der Waals surface area contributed by atoms with Gasteiger partial charge in [0.2, 0.25) is 0 Å². The second-order valence-corrected chi connectivity index (χ2v) is 5.02. The monoisotopic (exact) mass is 232 g/mol. The van der Waals surface area contributed by atoms with Gasteiger partial charge < -0.3 is 10.2 Å². The van der Waals surface area contributed by atoms with Crippen LogP contribution in [0.5, 0.6) is 0 Å². The van der Waals surface area contributed by atoms with Crippen LogP contribution in [0.15, 0.2) is 12.4 Å². The highest BCUT2D eigenvalue weighted by Crippen LogP contribution is 2.25. The largest absolute Gasteiger partial charge is 0.355 e. The maximum absolute atomic E-state index is 4.81. The van der Waals surface area contributed by atoms with E-state index in [1.165, 1.54) is 31.4 Å². The van der Waals surface area contributed by atoms with Crippen LogP contribution in [0.1, 0.15) is 37.3 Å². The van der Waals surface area contributed by atoms with Crippen molar-refractivity contribution >= 4 is 5.82 Å². The van der Waals surface area contributed by atoms with Crippen molar-refractivity contribution in [3.8, 4) is 0 Å². The number of piperidine rings is 1. The van der Waals surface area contributed by atoms with Crippen LogP contribution < -0.4 is 10.2 Å². The molecular formula is C13H20N4. The first-order valence-corrected chi connectivity index (χ1v) is 6.71. The average molecular weight is 232 g/mol. The predicted molar refractivity (Wildman–Crippen MR) is 68.3 cm³/mol. The lowest BCUT2D eigenvalue weighted by molar-refractivity contribution is 0.452. The summed E-state index contributed by atoms with van der Waals surface area (Å²) in [5.74, 6) is 1.69. The van der Waals surface area contributed by atoms with Crippen LogP contribution in [0.2, 0.25) is 0 Å². The minimum absolute atomic E-state index is 0.603. The number of aromatic nitrogens is 2. The lowest BCUT2D eigenvalue weighted by Crippen LogP contribution is -2.27. The molecule has 0 aromatic carbocycles. The Hall–Kier alpha value is -1.16. The lowest BCUT2D eigenvalue weighted by atomic mass is 9.95. The maximum Gasteiger partial charge on any atom is 0.147 e. The lowest BCUT2D eigenvalue weighted by Gasteiger charge is -2.23. The van der Waals surface area contributed by atoms with Crippen molar-refractivity contribution in [3.05, 3.63) is 18.1 Å². The van der Waals surface area contributed by atoms with E-state index in [-0.39, 0.29) is 0 Å². The highest BCUT2D eigenvalue weighted by Gasteiger charge is 2.19. The quantitative estimate of drug-likeness (QED) is 0.840. The molecule has 0 spiro atoms. The summed E-state index contributed by atoms with van der Waals surface area (Å²) < 4.78 is 0. The number of hydrogen-bond acceptors (Lipinski definition) is 4. The molecular weight excluding hydrogens is 212 g/mol. The molecule has 1 N–H and O–H groups in total. The van der Waals surface area contributed by atoms with E-state index in [1.807, 2.05) is 12.4 Å². The molecule has 0 aliphatic carbocycles. The third-order valence-corrected chi connectivity index (χ3v) is 3.83. The Morgan fingerprint density at radius 1 is 1.12 bits per heavy atom. The zero-order valence-electron chi connectivity index (χ0n) is 10.2. The Kier molecular flexibility index (Phi) is 3.22. The van der Waals surface area contributed by atoms with Gasteiger partial charge in [-0.05, 0) is 38.8 Å². The molecule has 0 radical (unpaired) electrons. The zero-order valence-corrected chi connectivity index (χ0v) is 10.2. The third-order valence-electron chi connectivity index (χ3n) is 3.83. The van der Waals surface area contributed by atoms with E-state index < -0.39 is 0 Å². The molecule has 17 heavy (non-hydrogen) atoms. The summed E-state index contributed by atoms with van der Waals surface area (Å²) in [5.41, 5.74) is 1.19. The smallest absolute Gasteiger partial charge is 0.147 e. The summed E-state index contributed by atoms with van der Waals surface area (Å²) >= 11 is 0. The zero-order chi connectivity index (χ0) is 11.5. The Morgan fingerprint density at radius 3 is 2.65 bits per heavy atom. The molecule has 0 atom stereocenters. The Labute approximate surface area is 102 Å². The van der Waals surface area contributed by atoms with Gasteiger partial charge in [0.05, 0.1) is 11.9 Å². The normalized spacial score (nSPS) is 22.0. The van der Waals surface area contributed by atoms with Crippen LogP contribution in [0.3, 0.4) is 0 Å². The van der Waals surface area contributed by atoms with Crippen molar-refractivity contribution in [2.45, 2.75) is 31.6 Å². The summed E-state index contributed by atoms with van der Waals surface area (Å²) in [6.07, 6.45) is 8.83. The Morgan fingerprint density at radius 2 is 1.88 bits per heavy atom. The van der Waals surface area contributed by atoms with Crippen molar-refractivity contribution < 1.29 is 0 Å². The SMILES string of the molecule is c1ncc(N2CCCC2)nc1C1CCNCC1. The third kappa shape index (κ3) is 2.41. The minimum atomic E-state index is 0.603. The van der Waals surface area contributed by atoms with E-state index in [0.717, 1.165) is 32.0 Å². The molecule has 0 bridgehead atoms. The summed E-state index contributed by atoms with van der Waals surface area (Å²) in [7, 11) is 0. The minimum Gasteiger partial charge on any atom is -0.355 e. The van der Waals surface area contributed by atoms with Gasteiger partial charge in [-0.3, -0.25) is 4.98 Å². The topological polar surface area (TPSA) is 41.1 Å². The first-order chi connectivity index (χ1) is 8.43. The molecule has 2 aliphatic heterocycles. The highest BCUT2D eigenvalue weighted by atomic mass is 15.2. The van der Waals surface area contributed by atoms with E-state index in [4.69, 9.17) is 4.98 Å². The second-order valence-electron chi connectivity index (χ2n) is 5.02. The van der Waals surface area contributed by atoms with E-state index in [9.17, 15) is 0 Å². The molecule has 3 heterocycles. The van der Waals surface area contributed by atoms with Gasteiger partial charge in [-0.1, -0.05) is 0 Å². The van der Waals surface area contributed by atoms with Crippen LogP contribution >= 0.6 is 0 Å². The van der Waals surface area contributed by atoms with Crippen LogP contribution in [-0.2, 0) is 0 Å². The van der Waals surface area contributed by atoms with Gasteiger partial charge in [0, 0.05) is 25.2 Å². The molecule has 2 aliphatic rings. The fourth-order valence-electron chi connectivity index (χ4n) is 2.78. The molecule has 92 valence electrons. The maximum atomic E-state index is 4.81. The molecule has 3 rings (SSSR count). The molecule has 4 nitrogen and oxygen atoms in total. The number of hydrogen-bond donors (Lipinski definition) is 1. The standard InChI is InChI=1S/C13H20N4/c1-2-8-17(7-1)13-10-15-9-12(16-13)11-3-5-14-6-4-11/h9-11,14H,1-8H2. The van der Waals surface area contributed by atoms with Crippen LogP contribution in [-0.4, -0.2) is 36.1 Å². The second kappa shape index (κ2) is 5.00. The van der Waals surface area contributed by atoms with E-state index in [1.54, 1.807) is 0 Å². The summed E-state index contributed by atoms with van der Waals surface area (Å²) in [6, 6.07) is 0. The summed E-state index contributed by atoms with van der Waals surface area (Å²) in [4.78, 5) is 11.6. The van der Waals surface area contributed by atoms with Crippen LogP contribution in [0.4, 0.5) is 5.82 Å². The number of rotatable bonds is 2. The number of anilines is 1. The van der Waals surface area contributed by atoms with E-state index in [0.29, 0.717) is 5.92 Å². The Balaban J connectivity index is 1.77. The van der Waals surface area contributed by atoms with Gasteiger partial charge in [0.25, 0.3) is 0 Å². The number of nitrogens with one attached hydrogen (secondary N) is 1. The van der Waals surface area contributed by atoms with Crippen LogP contribution in [0.25, 0.3) is 0 Å². The molecule has 0 amide bonds. The van der Waals surface area contributed by atoms with Gasteiger partial charge in [0.15, 0.2) is 0 Å². The van der Waals surface area contributed by atoms with Gasteiger partial charge in [-0.15, -0.1) is 0 Å². The predicted octanol–water partition coefficient (Wildman–Crippen LogP) is 1.54. The fraction of sp³-hybridized carbons (Fsp3) is 0.692. The summed E-state index contributed by atoms with van der Waals surface area (Å²) in [5, 5.41) is 3.40. The number of nitrogens with zero attached hydrogens (tertiary/aromatic N) is 3. The first kappa shape index (κ1) is 11.0. The van der Waals surface area contributed by atoms with Crippen molar-refractivity contribution in [2.24, 2.45) is 0 Å². The molecule has 1 aromatic heterocycles. The van der Waals surface area contributed by atoms with E-state index in [2.05, 4.69) is 15.2 Å². The molecule has 0 unspecified atom stereocenters. The van der Waals surface area contributed by atoms with Crippen LogP contribution in [0, 0.1) is 0 Å². The summed E-state index contributed by atoms with van der Waals surface area (Å²) in [6.45, 7) is 4.51. The van der Waals surface area contributed by atoms with Gasteiger partial charge in [-0.25, -0.2) is 4.98 Å². The molecule has 4 heteroatoms. The molecule has 2 fully saturated rings. The van der Waals surface area contributed by atoms with Gasteiger partial charge in [0.1, 0.15) is 5.82 Å². The average Bonchev–Trinajstić information content (AvgIpc) is 2.94. The van der Waals surface area contributed by atoms with Gasteiger partial charge >= 0.3 is 0 Å². The molecule has 0 saturated carbocycles.